The van der Waals surface area contributed by atoms with Crippen LogP contribution in [0.5, 0.6) is 0 Å². The van der Waals surface area contributed by atoms with Gasteiger partial charge in [-0.2, -0.15) is 0 Å². The summed E-state index contributed by atoms with van der Waals surface area (Å²) in [6, 6.07) is 13.1. The molecule has 4 rings (SSSR count). The molecule has 1 aliphatic heterocycles. The van der Waals surface area contributed by atoms with Crippen LogP contribution in [0, 0.1) is 5.41 Å². The van der Waals surface area contributed by atoms with E-state index in [9.17, 15) is 0 Å². The fraction of sp³-hybridized carbons (Fsp3) is 0.500. The number of nitrogens with zero attached hydrogens (tertiary/aromatic N) is 2. The number of hydrogen-bond acceptors (Lipinski definition) is 3. The lowest BCUT2D eigenvalue weighted by Gasteiger charge is -2.43. The van der Waals surface area contributed by atoms with E-state index in [0.29, 0.717) is 11.5 Å². The first kappa shape index (κ1) is 16.7. The molecule has 0 N–H and O–H groups in total. The Morgan fingerprint density at radius 1 is 1.12 bits per heavy atom. The lowest BCUT2D eigenvalue weighted by molar-refractivity contribution is -0.0366. The van der Waals surface area contributed by atoms with Crippen molar-refractivity contribution in [2.45, 2.75) is 44.8 Å². The molecular weight excluding hydrogens is 308 g/mol. The number of pyridine rings is 1. The van der Waals surface area contributed by atoms with E-state index in [0.717, 1.165) is 6.54 Å². The molecule has 2 fully saturated rings. The van der Waals surface area contributed by atoms with Crippen molar-refractivity contribution >= 4 is 0 Å². The lowest BCUT2D eigenvalue weighted by atomic mass is 9.76. The second kappa shape index (κ2) is 7.27. The van der Waals surface area contributed by atoms with Crippen LogP contribution in [0.2, 0.25) is 0 Å². The highest BCUT2D eigenvalue weighted by atomic mass is 16.5. The molecule has 2 atom stereocenters. The molecule has 2 aliphatic rings. The molecule has 2 aromatic rings. The number of benzene rings is 1. The van der Waals surface area contributed by atoms with Crippen molar-refractivity contribution in [2.24, 2.45) is 5.41 Å². The maximum Gasteiger partial charge on any atom is 0.0639 e. The van der Waals surface area contributed by atoms with Crippen molar-refractivity contribution in [3.8, 4) is 11.1 Å². The van der Waals surface area contributed by atoms with Crippen LogP contribution in [0.15, 0.2) is 48.8 Å². The summed E-state index contributed by atoms with van der Waals surface area (Å²) >= 11 is 0. The van der Waals surface area contributed by atoms with Gasteiger partial charge in [-0.15, -0.1) is 0 Å². The summed E-state index contributed by atoms with van der Waals surface area (Å²) in [5.41, 5.74) is 4.22. The molecule has 0 unspecified atom stereocenters. The summed E-state index contributed by atoms with van der Waals surface area (Å²) < 4.78 is 5.84. The molecule has 1 aromatic heterocycles. The van der Waals surface area contributed by atoms with E-state index in [1.165, 1.54) is 61.9 Å². The van der Waals surface area contributed by atoms with Crippen LogP contribution in [0.1, 0.15) is 37.7 Å². The molecule has 1 spiro atoms. The lowest BCUT2D eigenvalue weighted by Crippen LogP contribution is -2.47. The average Bonchev–Trinajstić information content (AvgIpc) is 3.05. The average molecular weight is 336 g/mol. The van der Waals surface area contributed by atoms with Gasteiger partial charge in [0.25, 0.3) is 0 Å². The monoisotopic (exact) mass is 336 g/mol. The first-order chi connectivity index (χ1) is 12.3. The summed E-state index contributed by atoms with van der Waals surface area (Å²) in [6.07, 6.45) is 10.7. The molecule has 0 radical (unpaired) electrons. The van der Waals surface area contributed by atoms with Gasteiger partial charge in [0.1, 0.15) is 0 Å². The van der Waals surface area contributed by atoms with Gasteiger partial charge < -0.3 is 4.74 Å². The van der Waals surface area contributed by atoms with E-state index < -0.39 is 0 Å². The molecule has 0 bridgehead atoms. The Morgan fingerprint density at radius 3 is 2.72 bits per heavy atom. The largest absolute Gasteiger partial charge is 0.381 e. The Kier molecular flexibility index (Phi) is 4.87. The summed E-state index contributed by atoms with van der Waals surface area (Å²) in [6.45, 7) is 3.45. The smallest absolute Gasteiger partial charge is 0.0639 e. The van der Waals surface area contributed by atoms with E-state index in [-0.39, 0.29) is 0 Å². The van der Waals surface area contributed by atoms with Gasteiger partial charge in [-0.1, -0.05) is 36.8 Å². The van der Waals surface area contributed by atoms with Crippen LogP contribution in [-0.4, -0.2) is 36.2 Å². The summed E-state index contributed by atoms with van der Waals surface area (Å²) in [7, 11) is 1.90. The van der Waals surface area contributed by atoms with Gasteiger partial charge in [0.15, 0.2) is 0 Å². The van der Waals surface area contributed by atoms with Crippen molar-refractivity contribution in [3.63, 3.8) is 0 Å². The zero-order valence-electron chi connectivity index (χ0n) is 15.2. The first-order valence-electron chi connectivity index (χ1n) is 9.54. The number of methoxy groups -OCH3 is 1. The molecule has 132 valence electrons. The van der Waals surface area contributed by atoms with Crippen molar-refractivity contribution in [2.75, 3.05) is 20.2 Å². The van der Waals surface area contributed by atoms with Gasteiger partial charge in [-0.3, -0.25) is 9.88 Å². The fourth-order valence-electron chi connectivity index (χ4n) is 4.93. The van der Waals surface area contributed by atoms with Gasteiger partial charge >= 0.3 is 0 Å². The van der Waals surface area contributed by atoms with Crippen LogP contribution >= 0.6 is 0 Å². The highest BCUT2D eigenvalue weighted by Crippen LogP contribution is 2.46. The zero-order valence-corrected chi connectivity index (χ0v) is 15.2. The maximum absolute atomic E-state index is 5.84. The topological polar surface area (TPSA) is 25.4 Å². The number of likely N-dealkylation sites (tertiary alicyclic amines) is 1. The zero-order chi connectivity index (χ0) is 17.1. The van der Waals surface area contributed by atoms with Gasteiger partial charge in [0, 0.05) is 38.0 Å². The normalized spacial score (nSPS) is 27.0. The standard InChI is InChI=1S/C22H28N2O/c1-25-21-6-2-11-22(21)12-4-14-24(17-22)16-18-7-9-19(10-8-18)20-5-3-13-23-15-20/h3,5,7-10,13,15,21H,2,4,6,11-12,14,16-17H2,1H3/t21-,22+/m1/s1. The van der Waals surface area contributed by atoms with E-state index in [1.807, 2.05) is 25.6 Å². The number of hydrogen-bond donors (Lipinski definition) is 0. The van der Waals surface area contributed by atoms with Gasteiger partial charge in [-0.05, 0) is 55.0 Å². The highest BCUT2D eigenvalue weighted by molar-refractivity contribution is 5.62. The Hall–Kier alpha value is -1.71. The quantitative estimate of drug-likeness (QED) is 0.820. The highest BCUT2D eigenvalue weighted by Gasteiger charge is 2.45. The Bertz CT molecular complexity index is 685. The molecule has 2 heterocycles. The van der Waals surface area contributed by atoms with Gasteiger partial charge in [0.05, 0.1) is 6.10 Å². The molecule has 3 heteroatoms. The minimum absolute atomic E-state index is 0.405. The van der Waals surface area contributed by atoms with Crippen LogP contribution < -0.4 is 0 Å². The Labute approximate surface area is 151 Å². The minimum Gasteiger partial charge on any atom is -0.381 e. The molecule has 1 saturated heterocycles. The second-order valence-electron chi connectivity index (χ2n) is 7.73. The van der Waals surface area contributed by atoms with Gasteiger partial charge in [0.2, 0.25) is 0 Å². The number of rotatable bonds is 4. The fourth-order valence-corrected chi connectivity index (χ4v) is 4.93. The molecule has 25 heavy (non-hydrogen) atoms. The van der Waals surface area contributed by atoms with Crippen molar-refractivity contribution in [1.29, 1.82) is 0 Å². The van der Waals surface area contributed by atoms with Crippen molar-refractivity contribution in [3.05, 3.63) is 54.4 Å². The van der Waals surface area contributed by atoms with Crippen molar-refractivity contribution < 1.29 is 4.74 Å². The molecule has 0 amide bonds. The van der Waals surface area contributed by atoms with Crippen LogP contribution in [-0.2, 0) is 11.3 Å². The third-order valence-electron chi connectivity index (χ3n) is 6.15. The molecule has 1 aliphatic carbocycles. The third kappa shape index (κ3) is 3.49. The summed E-state index contributed by atoms with van der Waals surface area (Å²) in [5.74, 6) is 0. The van der Waals surface area contributed by atoms with Crippen LogP contribution in [0.3, 0.4) is 0 Å². The predicted octanol–water partition coefficient (Wildman–Crippen LogP) is 4.53. The Balaban J connectivity index is 1.43. The SMILES string of the molecule is CO[C@@H]1CCC[C@@]12CCCN(Cc1ccc(-c3cccnc3)cc1)C2. The van der Waals surface area contributed by atoms with Gasteiger partial charge in [-0.25, -0.2) is 0 Å². The summed E-state index contributed by atoms with van der Waals surface area (Å²) in [4.78, 5) is 6.85. The van der Waals surface area contributed by atoms with E-state index in [1.54, 1.807) is 0 Å². The second-order valence-corrected chi connectivity index (χ2v) is 7.73. The van der Waals surface area contributed by atoms with Crippen LogP contribution in [0.25, 0.3) is 11.1 Å². The molecule has 1 aromatic carbocycles. The molecule has 3 nitrogen and oxygen atoms in total. The molecule has 1 saturated carbocycles. The number of ether oxygens (including phenoxy) is 1. The maximum atomic E-state index is 5.84. The van der Waals surface area contributed by atoms with Crippen molar-refractivity contribution in [1.82, 2.24) is 9.88 Å². The van der Waals surface area contributed by atoms with E-state index in [2.05, 4.69) is 40.2 Å². The predicted molar refractivity (Wildman–Crippen MR) is 101 cm³/mol. The minimum atomic E-state index is 0.405. The van der Waals surface area contributed by atoms with E-state index in [4.69, 9.17) is 4.74 Å². The number of piperidine rings is 1. The summed E-state index contributed by atoms with van der Waals surface area (Å²) in [5, 5.41) is 0. The molecular formula is C22H28N2O. The Morgan fingerprint density at radius 2 is 1.96 bits per heavy atom. The third-order valence-corrected chi connectivity index (χ3v) is 6.15. The first-order valence-corrected chi connectivity index (χ1v) is 9.54. The van der Waals surface area contributed by atoms with Crippen LogP contribution in [0.4, 0.5) is 0 Å². The van der Waals surface area contributed by atoms with E-state index >= 15 is 0 Å². The number of aromatic nitrogens is 1.